The third-order valence-corrected chi connectivity index (χ3v) is 3.19. The first-order chi connectivity index (χ1) is 10.6. The van der Waals surface area contributed by atoms with Crippen molar-refractivity contribution in [2.75, 3.05) is 0 Å². The molecule has 0 N–H and O–H groups in total. The number of pyridine rings is 2. The van der Waals surface area contributed by atoms with Gasteiger partial charge in [0, 0.05) is 24.7 Å². The molecule has 0 radical (unpaired) electrons. The predicted molar refractivity (Wildman–Crippen MR) is 79.6 cm³/mol. The Balaban J connectivity index is 1.84. The maximum Gasteiger partial charge on any atom is 0.340 e. The molecule has 3 aromatic rings. The summed E-state index contributed by atoms with van der Waals surface area (Å²) in [6.45, 7) is 1.81. The second-order valence-electron chi connectivity index (χ2n) is 4.79. The molecular weight excluding hydrogens is 282 g/mol. The number of esters is 1. The molecule has 0 saturated heterocycles. The number of carbonyl (C=O) groups is 1. The SMILES string of the molecule is Cc1cccn2c(=O)cc(COC(=O)c3cccnc3)nc12. The van der Waals surface area contributed by atoms with Crippen molar-refractivity contribution in [1.82, 2.24) is 14.4 Å². The van der Waals surface area contributed by atoms with Crippen LogP contribution in [0.25, 0.3) is 5.65 Å². The van der Waals surface area contributed by atoms with Gasteiger partial charge in [-0.25, -0.2) is 9.78 Å². The first-order valence-electron chi connectivity index (χ1n) is 6.70. The molecule has 3 aromatic heterocycles. The molecule has 3 heterocycles. The number of rotatable bonds is 3. The van der Waals surface area contributed by atoms with Crippen molar-refractivity contribution < 1.29 is 9.53 Å². The first-order valence-corrected chi connectivity index (χ1v) is 6.70. The van der Waals surface area contributed by atoms with Gasteiger partial charge in [0.2, 0.25) is 0 Å². The third-order valence-electron chi connectivity index (χ3n) is 3.19. The quantitative estimate of drug-likeness (QED) is 0.688. The van der Waals surface area contributed by atoms with E-state index in [0.29, 0.717) is 16.9 Å². The van der Waals surface area contributed by atoms with E-state index in [4.69, 9.17) is 4.74 Å². The van der Waals surface area contributed by atoms with E-state index in [1.165, 1.54) is 16.7 Å². The van der Waals surface area contributed by atoms with Crippen molar-refractivity contribution >= 4 is 11.6 Å². The van der Waals surface area contributed by atoms with E-state index < -0.39 is 5.97 Å². The molecule has 0 aliphatic heterocycles. The molecule has 0 fully saturated rings. The zero-order valence-corrected chi connectivity index (χ0v) is 11.9. The van der Waals surface area contributed by atoms with Gasteiger partial charge in [-0.05, 0) is 30.7 Å². The number of nitrogens with zero attached hydrogens (tertiary/aromatic N) is 3. The third kappa shape index (κ3) is 2.71. The number of aryl methyl sites for hydroxylation is 1. The van der Waals surface area contributed by atoms with Crippen LogP contribution in [-0.2, 0) is 11.3 Å². The summed E-state index contributed by atoms with van der Waals surface area (Å²) in [6, 6.07) is 8.28. The lowest BCUT2D eigenvalue weighted by atomic mass is 10.3. The number of ether oxygens (including phenoxy) is 1. The summed E-state index contributed by atoms with van der Waals surface area (Å²) in [5.41, 5.74) is 2.00. The minimum Gasteiger partial charge on any atom is -0.456 e. The van der Waals surface area contributed by atoms with Crippen LogP contribution in [0.1, 0.15) is 21.6 Å². The minimum atomic E-state index is -0.500. The Labute approximate surface area is 126 Å². The normalized spacial score (nSPS) is 10.6. The van der Waals surface area contributed by atoms with E-state index in [2.05, 4.69) is 9.97 Å². The Morgan fingerprint density at radius 3 is 2.95 bits per heavy atom. The molecule has 110 valence electrons. The van der Waals surface area contributed by atoms with E-state index in [1.54, 1.807) is 30.6 Å². The fourth-order valence-electron chi connectivity index (χ4n) is 2.09. The maximum absolute atomic E-state index is 12.0. The lowest BCUT2D eigenvalue weighted by Gasteiger charge is -2.07. The van der Waals surface area contributed by atoms with Crippen molar-refractivity contribution in [1.29, 1.82) is 0 Å². The molecule has 0 saturated carbocycles. The fraction of sp³-hybridized carbons (Fsp3) is 0.125. The lowest BCUT2D eigenvalue weighted by Crippen LogP contribution is -2.17. The van der Waals surface area contributed by atoms with E-state index in [-0.39, 0.29) is 12.2 Å². The Kier molecular flexibility index (Phi) is 3.65. The second kappa shape index (κ2) is 5.77. The van der Waals surface area contributed by atoms with Crippen molar-refractivity contribution in [2.45, 2.75) is 13.5 Å². The van der Waals surface area contributed by atoms with Gasteiger partial charge in [-0.1, -0.05) is 6.07 Å². The van der Waals surface area contributed by atoms with Gasteiger partial charge < -0.3 is 4.74 Å². The summed E-state index contributed by atoms with van der Waals surface area (Å²) < 4.78 is 6.63. The average molecular weight is 295 g/mol. The summed E-state index contributed by atoms with van der Waals surface area (Å²) in [5, 5.41) is 0. The highest BCUT2D eigenvalue weighted by Gasteiger charge is 2.09. The van der Waals surface area contributed by atoms with Gasteiger partial charge in [0.15, 0.2) is 0 Å². The Bertz CT molecular complexity index is 888. The zero-order valence-electron chi connectivity index (χ0n) is 11.9. The predicted octanol–water partition coefficient (Wildman–Crippen LogP) is 1.75. The van der Waals surface area contributed by atoms with Crippen LogP contribution in [0.15, 0.2) is 53.7 Å². The number of hydrogen-bond acceptors (Lipinski definition) is 5. The number of hydrogen-bond donors (Lipinski definition) is 0. The summed E-state index contributed by atoms with van der Waals surface area (Å²) in [4.78, 5) is 32.1. The number of fused-ring (bicyclic) bond motifs is 1. The van der Waals surface area contributed by atoms with Crippen LogP contribution >= 0.6 is 0 Å². The van der Waals surface area contributed by atoms with Gasteiger partial charge in [-0.2, -0.15) is 0 Å². The van der Waals surface area contributed by atoms with Crippen molar-refractivity contribution in [3.05, 3.63) is 76.1 Å². The van der Waals surface area contributed by atoms with Gasteiger partial charge in [0.25, 0.3) is 5.56 Å². The summed E-state index contributed by atoms with van der Waals surface area (Å²) in [6.07, 6.45) is 4.66. The molecule has 6 nitrogen and oxygen atoms in total. The second-order valence-corrected chi connectivity index (χ2v) is 4.79. The van der Waals surface area contributed by atoms with Crippen LogP contribution in [0.3, 0.4) is 0 Å². The topological polar surface area (TPSA) is 73.6 Å². The largest absolute Gasteiger partial charge is 0.456 e. The van der Waals surface area contributed by atoms with Gasteiger partial charge >= 0.3 is 5.97 Å². The van der Waals surface area contributed by atoms with Crippen LogP contribution in [0.2, 0.25) is 0 Å². The van der Waals surface area contributed by atoms with Crippen molar-refractivity contribution in [3.8, 4) is 0 Å². The van der Waals surface area contributed by atoms with Crippen molar-refractivity contribution in [2.24, 2.45) is 0 Å². The first kappa shape index (κ1) is 13.9. The van der Waals surface area contributed by atoms with E-state index >= 15 is 0 Å². The molecule has 0 aliphatic rings. The van der Waals surface area contributed by atoms with E-state index in [0.717, 1.165) is 5.56 Å². The van der Waals surface area contributed by atoms with E-state index in [1.807, 2.05) is 13.0 Å². The molecular formula is C16H13N3O3. The molecule has 0 aromatic carbocycles. The number of aromatic nitrogens is 3. The van der Waals surface area contributed by atoms with Crippen LogP contribution in [0.4, 0.5) is 0 Å². The van der Waals surface area contributed by atoms with Crippen LogP contribution < -0.4 is 5.56 Å². The number of carbonyl (C=O) groups excluding carboxylic acids is 1. The monoisotopic (exact) mass is 295 g/mol. The molecule has 0 amide bonds. The fourth-order valence-corrected chi connectivity index (χ4v) is 2.09. The summed E-state index contributed by atoms with van der Waals surface area (Å²) >= 11 is 0. The highest BCUT2D eigenvalue weighted by molar-refractivity contribution is 5.88. The molecule has 6 heteroatoms. The Morgan fingerprint density at radius 1 is 1.32 bits per heavy atom. The van der Waals surface area contributed by atoms with Gasteiger partial charge in [-0.15, -0.1) is 0 Å². The van der Waals surface area contributed by atoms with Crippen LogP contribution in [-0.4, -0.2) is 20.3 Å². The summed E-state index contributed by atoms with van der Waals surface area (Å²) in [7, 11) is 0. The standard InChI is InChI=1S/C16H13N3O3/c1-11-4-3-7-19-14(20)8-13(18-15(11)19)10-22-16(21)12-5-2-6-17-9-12/h2-9H,10H2,1H3. The minimum absolute atomic E-state index is 0.0617. The van der Waals surface area contributed by atoms with Crippen LogP contribution in [0.5, 0.6) is 0 Å². The molecule has 0 aliphatic carbocycles. The highest BCUT2D eigenvalue weighted by atomic mass is 16.5. The van der Waals surface area contributed by atoms with Gasteiger partial charge in [0.1, 0.15) is 12.3 Å². The molecule has 0 spiro atoms. The molecule has 0 bridgehead atoms. The van der Waals surface area contributed by atoms with Gasteiger partial charge in [-0.3, -0.25) is 14.2 Å². The average Bonchev–Trinajstić information content (AvgIpc) is 2.54. The molecule has 3 rings (SSSR count). The molecule has 0 unspecified atom stereocenters. The Hall–Kier alpha value is -3.02. The lowest BCUT2D eigenvalue weighted by molar-refractivity contribution is 0.0467. The molecule has 0 atom stereocenters. The van der Waals surface area contributed by atoms with Gasteiger partial charge in [0.05, 0.1) is 11.3 Å². The van der Waals surface area contributed by atoms with Crippen molar-refractivity contribution in [3.63, 3.8) is 0 Å². The molecule has 22 heavy (non-hydrogen) atoms. The van der Waals surface area contributed by atoms with E-state index in [9.17, 15) is 9.59 Å². The van der Waals surface area contributed by atoms with Crippen LogP contribution in [0, 0.1) is 6.92 Å². The smallest absolute Gasteiger partial charge is 0.340 e. The maximum atomic E-state index is 12.0. The zero-order chi connectivity index (χ0) is 15.5. The Morgan fingerprint density at radius 2 is 2.18 bits per heavy atom. The summed E-state index contributed by atoms with van der Waals surface area (Å²) in [5.74, 6) is -0.500. The highest BCUT2D eigenvalue weighted by Crippen LogP contribution is 2.07.